The molecule has 1 atom stereocenters. The van der Waals surface area contributed by atoms with Crippen molar-refractivity contribution in [3.8, 4) is 5.13 Å². The minimum atomic E-state index is -0.0486. The summed E-state index contributed by atoms with van der Waals surface area (Å²) in [5.74, 6) is -0.0305. The highest BCUT2D eigenvalue weighted by Gasteiger charge is 2.13. The lowest BCUT2D eigenvalue weighted by atomic mass is 10.1. The molecule has 0 aliphatic rings. The van der Waals surface area contributed by atoms with E-state index in [0.29, 0.717) is 0 Å². The highest BCUT2D eigenvalue weighted by atomic mass is 32.1. The molecule has 3 rings (SSSR count). The van der Waals surface area contributed by atoms with Gasteiger partial charge in [0.15, 0.2) is 5.13 Å². The molecule has 0 aromatic carbocycles. The van der Waals surface area contributed by atoms with E-state index in [1.54, 1.807) is 23.7 Å². The zero-order valence-corrected chi connectivity index (χ0v) is 14.8. The van der Waals surface area contributed by atoms with Gasteiger partial charge in [0.05, 0.1) is 18.2 Å². The Hall–Kier alpha value is -2.47. The maximum Gasteiger partial charge on any atom is 0.226 e. The molecule has 0 saturated carbocycles. The van der Waals surface area contributed by atoms with Gasteiger partial charge >= 0.3 is 0 Å². The Labute approximate surface area is 145 Å². The van der Waals surface area contributed by atoms with Gasteiger partial charge in [0.25, 0.3) is 0 Å². The number of nitrogens with zero attached hydrogens (tertiary/aromatic N) is 3. The van der Waals surface area contributed by atoms with Crippen LogP contribution in [-0.4, -0.2) is 20.4 Å². The van der Waals surface area contributed by atoms with Crippen molar-refractivity contribution < 1.29 is 4.79 Å². The lowest BCUT2D eigenvalue weighted by molar-refractivity contribution is -0.121. The summed E-state index contributed by atoms with van der Waals surface area (Å²) >= 11 is 1.56. The van der Waals surface area contributed by atoms with Crippen LogP contribution in [-0.2, 0) is 11.2 Å². The molecule has 1 unspecified atom stereocenters. The average molecular weight is 340 g/mol. The summed E-state index contributed by atoms with van der Waals surface area (Å²) in [4.78, 5) is 20.9. The van der Waals surface area contributed by atoms with Crippen molar-refractivity contribution in [1.82, 2.24) is 19.9 Å². The van der Waals surface area contributed by atoms with Crippen LogP contribution in [0.15, 0.2) is 42.0 Å². The van der Waals surface area contributed by atoms with Crippen LogP contribution in [0.25, 0.3) is 5.13 Å². The smallest absolute Gasteiger partial charge is 0.226 e. The number of nitrogens with one attached hydrogen (secondary N) is 1. The van der Waals surface area contributed by atoms with Crippen LogP contribution < -0.4 is 5.32 Å². The van der Waals surface area contributed by atoms with Gasteiger partial charge in [-0.15, -0.1) is 11.3 Å². The predicted molar refractivity (Wildman–Crippen MR) is 95.4 cm³/mol. The van der Waals surface area contributed by atoms with Crippen molar-refractivity contribution in [3.05, 3.63) is 64.7 Å². The third kappa shape index (κ3) is 3.54. The van der Waals surface area contributed by atoms with E-state index in [0.717, 1.165) is 27.8 Å². The highest BCUT2D eigenvalue weighted by Crippen LogP contribution is 2.20. The Morgan fingerprint density at radius 2 is 1.88 bits per heavy atom. The first-order valence-electron chi connectivity index (χ1n) is 7.83. The Bertz CT molecular complexity index is 818. The second kappa shape index (κ2) is 6.97. The van der Waals surface area contributed by atoms with Gasteiger partial charge in [0.1, 0.15) is 0 Å². The Balaban J connectivity index is 1.66. The molecule has 0 saturated heterocycles. The van der Waals surface area contributed by atoms with Gasteiger partial charge in [-0.3, -0.25) is 14.3 Å². The molecule has 3 aromatic rings. The van der Waals surface area contributed by atoms with Crippen molar-refractivity contribution in [2.24, 2.45) is 0 Å². The number of hydrogen-bond donors (Lipinski definition) is 1. The van der Waals surface area contributed by atoms with Crippen molar-refractivity contribution in [3.63, 3.8) is 0 Å². The van der Waals surface area contributed by atoms with Crippen molar-refractivity contribution in [2.45, 2.75) is 33.2 Å². The molecule has 5 nitrogen and oxygen atoms in total. The standard InChI is InChI=1S/C18H20N4OS/c1-12-4-5-13(2)22(12)18-21-16(11-24-18)10-17(23)20-14(3)15-6-8-19-9-7-15/h4-9,11,14H,10H2,1-3H3,(H,20,23). The first-order valence-corrected chi connectivity index (χ1v) is 8.71. The topological polar surface area (TPSA) is 59.8 Å². The third-order valence-corrected chi connectivity index (χ3v) is 4.80. The number of aromatic nitrogens is 3. The minimum Gasteiger partial charge on any atom is -0.349 e. The Kier molecular flexibility index (Phi) is 4.76. The predicted octanol–water partition coefficient (Wildman–Crippen LogP) is 3.37. The Morgan fingerprint density at radius 1 is 1.21 bits per heavy atom. The summed E-state index contributed by atoms with van der Waals surface area (Å²) in [6.45, 7) is 6.07. The lowest BCUT2D eigenvalue weighted by Crippen LogP contribution is -2.28. The second-order valence-corrected chi connectivity index (χ2v) is 6.66. The van der Waals surface area contributed by atoms with Gasteiger partial charge < -0.3 is 5.32 Å². The number of hydrogen-bond acceptors (Lipinski definition) is 4. The fourth-order valence-corrected chi connectivity index (χ4v) is 3.58. The number of pyridine rings is 1. The van der Waals surface area contributed by atoms with Crippen molar-refractivity contribution in [1.29, 1.82) is 0 Å². The molecule has 1 amide bonds. The monoisotopic (exact) mass is 340 g/mol. The molecule has 6 heteroatoms. The van der Waals surface area contributed by atoms with Gasteiger partial charge in [-0.25, -0.2) is 4.98 Å². The van der Waals surface area contributed by atoms with Crippen LogP contribution in [0.1, 0.15) is 35.6 Å². The molecule has 1 N–H and O–H groups in total. The average Bonchev–Trinajstić information content (AvgIpc) is 3.14. The first-order chi connectivity index (χ1) is 11.5. The van der Waals surface area contributed by atoms with Crippen LogP contribution in [0.5, 0.6) is 0 Å². The molecular formula is C18H20N4OS. The van der Waals surface area contributed by atoms with E-state index < -0.39 is 0 Å². The van der Waals surface area contributed by atoms with Crippen molar-refractivity contribution >= 4 is 17.2 Å². The zero-order valence-electron chi connectivity index (χ0n) is 14.0. The first kappa shape index (κ1) is 16.4. The van der Waals surface area contributed by atoms with E-state index in [1.165, 1.54) is 0 Å². The number of rotatable bonds is 5. The maximum atomic E-state index is 12.3. The van der Waals surface area contributed by atoms with Crippen LogP contribution >= 0.6 is 11.3 Å². The van der Waals surface area contributed by atoms with E-state index in [-0.39, 0.29) is 18.4 Å². The molecule has 0 fully saturated rings. The highest BCUT2D eigenvalue weighted by molar-refractivity contribution is 7.12. The quantitative estimate of drug-likeness (QED) is 0.775. The van der Waals surface area contributed by atoms with Crippen LogP contribution in [0.4, 0.5) is 0 Å². The summed E-state index contributed by atoms with van der Waals surface area (Å²) in [5, 5.41) is 5.85. The molecular weight excluding hydrogens is 320 g/mol. The number of amides is 1. The molecule has 3 aromatic heterocycles. The molecule has 0 radical (unpaired) electrons. The van der Waals surface area contributed by atoms with Gasteiger partial charge in [-0.2, -0.15) is 0 Å². The van der Waals surface area contributed by atoms with Crippen molar-refractivity contribution in [2.75, 3.05) is 0 Å². The zero-order chi connectivity index (χ0) is 17.1. The number of thiazole rings is 1. The molecule has 3 heterocycles. The summed E-state index contributed by atoms with van der Waals surface area (Å²) in [6.07, 6.45) is 3.74. The molecule has 24 heavy (non-hydrogen) atoms. The second-order valence-electron chi connectivity index (χ2n) is 5.82. The fraction of sp³-hybridized carbons (Fsp3) is 0.278. The van der Waals surface area contributed by atoms with E-state index in [4.69, 9.17) is 0 Å². The molecule has 0 bridgehead atoms. The maximum absolute atomic E-state index is 12.3. The van der Waals surface area contributed by atoms with E-state index in [1.807, 2.05) is 24.4 Å². The number of carbonyl (C=O) groups is 1. The Morgan fingerprint density at radius 3 is 2.54 bits per heavy atom. The number of carbonyl (C=O) groups excluding carboxylic acids is 1. The third-order valence-electron chi connectivity index (χ3n) is 3.93. The molecule has 124 valence electrons. The number of aryl methyl sites for hydroxylation is 2. The molecule has 0 aliphatic heterocycles. The normalized spacial score (nSPS) is 12.1. The lowest BCUT2D eigenvalue weighted by Gasteiger charge is -2.13. The van der Waals surface area contributed by atoms with E-state index in [2.05, 4.69) is 45.8 Å². The summed E-state index contributed by atoms with van der Waals surface area (Å²) < 4.78 is 2.10. The summed E-state index contributed by atoms with van der Waals surface area (Å²) in [5.41, 5.74) is 4.12. The van der Waals surface area contributed by atoms with Crippen LogP contribution in [0, 0.1) is 13.8 Å². The SMILES string of the molecule is Cc1ccc(C)n1-c1nc(CC(=O)NC(C)c2ccncc2)cs1. The van der Waals surface area contributed by atoms with Crippen LogP contribution in [0.2, 0.25) is 0 Å². The van der Waals surface area contributed by atoms with E-state index >= 15 is 0 Å². The molecule has 0 spiro atoms. The largest absolute Gasteiger partial charge is 0.349 e. The summed E-state index contributed by atoms with van der Waals surface area (Å²) in [7, 11) is 0. The fourth-order valence-electron chi connectivity index (χ4n) is 2.64. The van der Waals surface area contributed by atoms with E-state index in [9.17, 15) is 4.79 Å². The van der Waals surface area contributed by atoms with Crippen LogP contribution in [0.3, 0.4) is 0 Å². The van der Waals surface area contributed by atoms with Gasteiger partial charge in [-0.05, 0) is 50.6 Å². The van der Waals surface area contributed by atoms with Gasteiger partial charge in [-0.1, -0.05) is 0 Å². The summed E-state index contributed by atoms with van der Waals surface area (Å²) in [6, 6.07) is 7.90. The minimum absolute atomic E-state index is 0.0305. The van der Waals surface area contributed by atoms with Gasteiger partial charge in [0, 0.05) is 29.2 Å². The molecule has 0 aliphatic carbocycles. The van der Waals surface area contributed by atoms with Gasteiger partial charge in [0.2, 0.25) is 5.91 Å².